The van der Waals surface area contributed by atoms with Gasteiger partial charge >= 0.3 is 0 Å². The van der Waals surface area contributed by atoms with Crippen molar-refractivity contribution >= 4 is 46.4 Å². The molecule has 0 bridgehead atoms. The molecule has 1 aromatic carbocycles. The molecule has 1 unspecified atom stereocenters. The Hall–Kier alpha value is -1.76. The molecule has 1 aromatic heterocycles. The molecule has 1 fully saturated rings. The van der Waals surface area contributed by atoms with Crippen LogP contribution in [0.3, 0.4) is 0 Å². The molecule has 2 heterocycles. The molecule has 1 aliphatic heterocycles. The van der Waals surface area contributed by atoms with Crippen LogP contribution in [0.4, 0.5) is 0 Å². The van der Waals surface area contributed by atoms with E-state index in [1.54, 1.807) is 29.2 Å². The van der Waals surface area contributed by atoms with Gasteiger partial charge in [-0.15, -0.1) is 11.3 Å². The fraction of sp³-hybridized carbons (Fsp3) is 0.333. The number of thiophene rings is 1. The Balaban J connectivity index is 1.72. The zero-order chi connectivity index (χ0) is 18.7. The Bertz CT molecular complexity index is 825. The van der Waals surface area contributed by atoms with Crippen molar-refractivity contribution in [3.05, 3.63) is 50.1 Å². The summed E-state index contributed by atoms with van der Waals surface area (Å²) in [6.07, 6.45) is 1.41. The highest BCUT2D eigenvalue weighted by Gasteiger charge is 2.35. The highest BCUT2D eigenvalue weighted by atomic mass is 35.5. The number of benzene rings is 1. The van der Waals surface area contributed by atoms with Crippen molar-refractivity contribution in [2.75, 3.05) is 13.7 Å². The van der Waals surface area contributed by atoms with Crippen molar-refractivity contribution in [3.8, 4) is 5.75 Å². The van der Waals surface area contributed by atoms with Gasteiger partial charge in [-0.05, 0) is 43.2 Å². The molecule has 1 saturated heterocycles. The second kappa shape index (κ2) is 8.29. The minimum absolute atomic E-state index is 0.165. The van der Waals surface area contributed by atoms with E-state index >= 15 is 0 Å². The third-order valence-corrected chi connectivity index (χ3v) is 5.74. The maximum Gasteiger partial charge on any atom is 0.258 e. The number of methoxy groups -OCH3 is 1. The number of likely N-dealkylation sites (tertiary alicyclic amines) is 1. The molecule has 138 valence electrons. The Morgan fingerprint density at radius 1 is 1.31 bits per heavy atom. The fourth-order valence-electron chi connectivity index (χ4n) is 3.02. The van der Waals surface area contributed by atoms with E-state index in [0.717, 1.165) is 11.3 Å². The summed E-state index contributed by atoms with van der Waals surface area (Å²) < 4.78 is 5.95. The van der Waals surface area contributed by atoms with Gasteiger partial charge in [-0.25, -0.2) is 0 Å². The van der Waals surface area contributed by atoms with Crippen molar-refractivity contribution in [1.29, 1.82) is 0 Å². The van der Waals surface area contributed by atoms with Crippen molar-refractivity contribution in [1.82, 2.24) is 10.2 Å². The van der Waals surface area contributed by atoms with Crippen LogP contribution in [0.1, 0.15) is 28.1 Å². The summed E-state index contributed by atoms with van der Waals surface area (Å²) in [6, 6.07) is 8.07. The van der Waals surface area contributed by atoms with Crippen LogP contribution in [0.5, 0.6) is 5.75 Å². The van der Waals surface area contributed by atoms with Crippen LogP contribution < -0.4 is 10.1 Å². The average molecular weight is 413 g/mol. The molecule has 0 spiro atoms. The van der Waals surface area contributed by atoms with Crippen LogP contribution in [0.15, 0.2) is 30.3 Å². The highest BCUT2D eigenvalue weighted by Crippen LogP contribution is 2.28. The minimum Gasteiger partial charge on any atom is -0.496 e. The third-order valence-electron chi connectivity index (χ3n) is 4.27. The van der Waals surface area contributed by atoms with Gasteiger partial charge in [-0.3, -0.25) is 9.59 Å². The summed E-state index contributed by atoms with van der Waals surface area (Å²) in [6.45, 7) is 0.923. The quantitative estimate of drug-likeness (QED) is 0.807. The molecule has 5 nitrogen and oxygen atoms in total. The maximum atomic E-state index is 13.0. The molecule has 2 aromatic rings. The molecular formula is C18H18Cl2N2O3S. The van der Waals surface area contributed by atoms with E-state index in [1.807, 2.05) is 6.07 Å². The maximum absolute atomic E-state index is 13.0. The van der Waals surface area contributed by atoms with Crippen LogP contribution in [0, 0.1) is 0 Å². The Morgan fingerprint density at radius 2 is 2.12 bits per heavy atom. The van der Waals surface area contributed by atoms with Crippen LogP contribution in [-0.2, 0) is 11.3 Å². The van der Waals surface area contributed by atoms with Crippen molar-refractivity contribution in [2.45, 2.75) is 25.4 Å². The molecule has 0 radical (unpaired) electrons. The number of carbonyl (C=O) groups is 2. The number of ether oxygens (including phenoxy) is 1. The molecule has 26 heavy (non-hydrogen) atoms. The number of amides is 2. The average Bonchev–Trinajstić information content (AvgIpc) is 3.28. The van der Waals surface area contributed by atoms with E-state index in [0.29, 0.717) is 40.2 Å². The lowest BCUT2D eigenvalue weighted by Gasteiger charge is -2.24. The van der Waals surface area contributed by atoms with Crippen molar-refractivity contribution < 1.29 is 14.3 Å². The van der Waals surface area contributed by atoms with Gasteiger partial charge in [0.2, 0.25) is 5.91 Å². The van der Waals surface area contributed by atoms with Crippen molar-refractivity contribution in [2.24, 2.45) is 0 Å². The number of nitrogens with one attached hydrogen (secondary N) is 1. The molecular weight excluding hydrogens is 395 g/mol. The molecule has 1 atom stereocenters. The van der Waals surface area contributed by atoms with Gasteiger partial charge < -0.3 is 15.0 Å². The summed E-state index contributed by atoms with van der Waals surface area (Å²) in [5.74, 6) is 0.0289. The summed E-state index contributed by atoms with van der Waals surface area (Å²) in [5, 5.41) is 3.34. The van der Waals surface area contributed by atoms with Gasteiger partial charge in [-0.2, -0.15) is 0 Å². The summed E-state index contributed by atoms with van der Waals surface area (Å²) >= 11 is 13.4. The Kier molecular flexibility index (Phi) is 6.06. The summed E-state index contributed by atoms with van der Waals surface area (Å²) in [7, 11) is 1.50. The first-order valence-electron chi connectivity index (χ1n) is 8.16. The summed E-state index contributed by atoms with van der Waals surface area (Å²) in [5.41, 5.74) is 0.365. The smallest absolute Gasteiger partial charge is 0.258 e. The predicted octanol–water partition coefficient (Wildman–Crippen LogP) is 3.98. The van der Waals surface area contributed by atoms with Crippen LogP contribution >= 0.6 is 34.5 Å². The molecule has 8 heteroatoms. The second-order valence-corrected chi connectivity index (χ2v) is 8.16. The van der Waals surface area contributed by atoms with E-state index in [1.165, 1.54) is 18.4 Å². The Morgan fingerprint density at radius 3 is 2.81 bits per heavy atom. The molecule has 0 aliphatic carbocycles. The zero-order valence-electron chi connectivity index (χ0n) is 14.1. The first kappa shape index (κ1) is 19.0. The first-order valence-corrected chi connectivity index (χ1v) is 9.73. The largest absolute Gasteiger partial charge is 0.496 e. The van der Waals surface area contributed by atoms with Gasteiger partial charge in [0.1, 0.15) is 11.8 Å². The van der Waals surface area contributed by atoms with Gasteiger partial charge in [-0.1, -0.05) is 23.2 Å². The van der Waals surface area contributed by atoms with E-state index in [2.05, 4.69) is 5.32 Å². The van der Waals surface area contributed by atoms with Gasteiger partial charge in [0, 0.05) is 16.4 Å². The van der Waals surface area contributed by atoms with Gasteiger partial charge in [0.05, 0.1) is 23.6 Å². The lowest BCUT2D eigenvalue weighted by Crippen LogP contribution is -2.45. The van der Waals surface area contributed by atoms with Crippen molar-refractivity contribution in [3.63, 3.8) is 0 Å². The standard InChI is InChI=1S/C18H18Cl2N2O3S/c1-25-15-6-4-11(19)9-13(15)18(24)22-8-2-3-14(22)17(23)21-10-12-5-7-16(20)26-12/h4-7,9,14H,2-3,8,10H2,1H3,(H,21,23). The zero-order valence-corrected chi connectivity index (χ0v) is 16.5. The molecule has 0 saturated carbocycles. The molecule has 3 rings (SSSR count). The first-order chi connectivity index (χ1) is 12.5. The Labute approximate surface area is 165 Å². The van der Waals surface area contributed by atoms with Gasteiger partial charge in [0.15, 0.2) is 0 Å². The van der Waals surface area contributed by atoms with Crippen LogP contribution in [-0.4, -0.2) is 36.4 Å². The second-order valence-electron chi connectivity index (χ2n) is 5.92. The van der Waals surface area contributed by atoms with E-state index < -0.39 is 6.04 Å². The van der Waals surface area contributed by atoms with E-state index in [9.17, 15) is 9.59 Å². The lowest BCUT2D eigenvalue weighted by atomic mass is 10.1. The van der Waals surface area contributed by atoms with E-state index in [4.69, 9.17) is 27.9 Å². The van der Waals surface area contributed by atoms with Gasteiger partial charge in [0.25, 0.3) is 5.91 Å². The molecule has 1 aliphatic rings. The van der Waals surface area contributed by atoms with Crippen LogP contribution in [0.2, 0.25) is 9.36 Å². The third kappa shape index (κ3) is 4.14. The SMILES string of the molecule is COc1ccc(Cl)cc1C(=O)N1CCCC1C(=O)NCc1ccc(Cl)s1. The number of halogens is 2. The number of carbonyl (C=O) groups excluding carboxylic acids is 2. The number of rotatable bonds is 5. The molecule has 2 amide bonds. The lowest BCUT2D eigenvalue weighted by molar-refractivity contribution is -0.125. The topological polar surface area (TPSA) is 58.6 Å². The molecule has 1 N–H and O–H groups in total. The predicted molar refractivity (Wildman–Crippen MR) is 103 cm³/mol. The van der Waals surface area contributed by atoms with E-state index in [-0.39, 0.29) is 11.8 Å². The minimum atomic E-state index is -0.498. The monoisotopic (exact) mass is 412 g/mol. The number of hydrogen-bond acceptors (Lipinski definition) is 4. The number of nitrogens with zero attached hydrogens (tertiary/aromatic N) is 1. The summed E-state index contributed by atoms with van der Waals surface area (Å²) in [4.78, 5) is 28.1. The number of hydrogen-bond donors (Lipinski definition) is 1. The normalized spacial score (nSPS) is 16.6. The van der Waals surface area contributed by atoms with Crippen LogP contribution in [0.25, 0.3) is 0 Å². The fourth-order valence-corrected chi connectivity index (χ4v) is 4.22. The highest BCUT2D eigenvalue weighted by molar-refractivity contribution is 7.16.